The molecule has 0 amide bonds. The van der Waals surface area contributed by atoms with Gasteiger partial charge in [-0.2, -0.15) is 0 Å². The van der Waals surface area contributed by atoms with E-state index in [1.165, 1.54) is 35.1 Å². The fraction of sp³-hybridized carbons (Fsp3) is 0.179. The number of nitrogens with one attached hydrogen (secondary N) is 1. The molecule has 0 fully saturated rings. The molecule has 0 aliphatic rings. The van der Waals surface area contributed by atoms with Gasteiger partial charge in [0.1, 0.15) is 11.5 Å². The first-order valence-corrected chi connectivity index (χ1v) is 14.1. The number of imidazole rings is 1. The first-order valence-electron chi connectivity index (χ1n) is 12.2. The lowest BCUT2D eigenvalue weighted by Gasteiger charge is -2.29. The van der Waals surface area contributed by atoms with Crippen LogP contribution in [0.3, 0.4) is 0 Å². The van der Waals surface area contributed by atoms with Crippen LogP contribution in [-0.2, 0) is 10.0 Å². The van der Waals surface area contributed by atoms with Crippen molar-refractivity contribution in [3.05, 3.63) is 107 Å². The van der Waals surface area contributed by atoms with Crippen LogP contribution in [0.15, 0.2) is 89.7 Å². The van der Waals surface area contributed by atoms with E-state index in [-0.39, 0.29) is 16.5 Å². The fourth-order valence-electron chi connectivity index (χ4n) is 4.40. The molecule has 4 aromatic rings. The minimum Gasteiger partial charge on any atom is -0.403 e. The number of hydrazine groups is 1. The third kappa shape index (κ3) is 5.87. The van der Waals surface area contributed by atoms with Crippen LogP contribution in [0.5, 0.6) is 0 Å². The molecule has 12 heteroatoms. The number of sulfonamides is 1. The summed E-state index contributed by atoms with van der Waals surface area (Å²) in [6.07, 6.45) is -0.0970. The van der Waals surface area contributed by atoms with Crippen LogP contribution >= 0.6 is 11.6 Å². The molecule has 3 aromatic carbocycles. The van der Waals surface area contributed by atoms with Gasteiger partial charge in [0, 0.05) is 23.3 Å². The van der Waals surface area contributed by atoms with Crippen LogP contribution in [0.2, 0.25) is 5.02 Å². The second-order valence-electron chi connectivity index (χ2n) is 9.06. The molecular weight excluding hydrogens is 558 g/mol. The molecule has 0 saturated heterocycles. The van der Waals surface area contributed by atoms with Crippen molar-refractivity contribution in [3.63, 3.8) is 0 Å². The third-order valence-corrected chi connectivity index (χ3v) is 8.29. The first kappa shape index (κ1) is 29.2. The van der Waals surface area contributed by atoms with Crippen LogP contribution in [0.25, 0.3) is 16.8 Å². The summed E-state index contributed by atoms with van der Waals surface area (Å²) >= 11 is 6.06. The number of hydrogen-bond donors (Lipinski definition) is 3. The average molecular weight is 587 g/mol. The van der Waals surface area contributed by atoms with Crippen LogP contribution in [-0.4, -0.2) is 25.0 Å². The van der Waals surface area contributed by atoms with E-state index in [1.807, 2.05) is 19.1 Å². The van der Waals surface area contributed by atoms with Gasteiger partial charge in [-0.05, 0) is 67.1 Å². The van der Waals surface area contributed by atoms with Gasteiger partial charge < -0.3 is 10.3 Å². The largest absolute Gasteiger partial charge is 0.403 e. The number of aromatic nitrogens is 2. The van der Waals surface area contributed by atoms with Gasteiger partial charge in [-0.15, -0.1) is 0 Å². The highest BCUT2D eigenvalue weighted by molar-refractivity contribution is 7.89. The molecule has 1 aromatic heterocycles. The monoisotopic (exact) mass is 586 g/mol. The molecule has 40 heavy (non-hydrogen) atoms. The molecule has 1 unspecified atom stereocenters. The van der Waals surface area contributed by atoms with Crippen molar-refractivity contribution in [3.8, 4) is 16.8 Å². The molecular formula is C28H29ClF2N6O2S. The summed E-state index contributed by atoms with van der Waals surface area (Å²) in [5, 5.41) is 1.98. The number of nitrogens with two attached hydrogens (primary N) is 2. The number of nitrogens with zero attached hydrogens (tertiary/aromatic N) is 3. The van der Waals surface area contributed by atoms with E-state index < -0.39 is 16.4 Å². The highest BCUT2D eigenvalue weighted by atomic mass is 35.5. The molecule has 4 rings (SSSR count). The number of benzene rings is 3. The summed E-state index contributed by atoms with van der Waals surface area (Å²) in [7, 11) is -2.35. The SMILES string of the molecule is CNS(=O)(=O)c1cccc(-c2ccc(-n3cc(C(F)F)nc3C)c(N(N)/C(=C\N)C(C)c3ccc(Cl)cc3)c2)c1. The second kappa shape index (κ2) is 11.8. The Bertz CT molecular complexity index is 1660. The summed E-state index contributed by atoms with van der Waals surface area (Å²) < 4.78 is 55.6. The minimum absolute atomic E-state index is 0.0914. The fourth-order valence-corrected chi connectivity index (χ4v) is 5.30. The zero-order valence-corrected chi connectivity index (χ0v) is 23.6. The summed E-state index contributed by atoms with van der Waals surface area (Å²) in [4.78, 5) is 4.09. The maximum atomic E-state index is 13.5. The molecule has 210 valence electrons. The smallest absolute Gasteiger partial charge is 0.281 e. The van der Waals surface area contributed by atoms with Crippen molar-refractivity contribution in [1.29, 1.82) is 0 Å². The van der Waals surface area contributed by atoms with E-state index in [2.05, 4.69) is 9.71 Å². The van der Waals surface area contributed by atoms with E-state index in [9.17, 15) is 17.2 Å². The summed E-state index contributed by atoms with van der Waals surface area (Å²) in [6, 6.07) is 18.9. The lowest BCUT2D eigenvalue weighted by atomic mass is 9.97. The number of anilines is 1. The minimum atomic E-state index is -3.68. The maximum absolute atomic E-state index is 13.5. The Hall–Kier alpha value is -3.77. The molecule has 0 saturated carbocycles. The molecule has 8 nitrogen and oxygen atoms in total. The number of alkyl halides is 2. The Kier molecular flexibility index (Phi) is 8.59. The van der Waals surface area contributed by atoms with E-state index in [0.29, 0.717) is 39.0 Å². The Balaban J connectivity index is 1.88. The topological polar surface area (TPSA) is 119 Å². The van der Waals surface area contributed by atoms with Crippen LogP contribution in [0.1, 0.15) is 36.3 Å². The van der Waals surface area contributed by atoms with Gasteiger partial charge in [0.25, 0.3) is 6.43 Å². The van der Waals surface area contributed by atoms with E-state index in [1.54, 1.807) is 55.5 Å². The van der Waals surface area contributed by atoms with Gasteiger partial charge in [0.2, 0.25) is 10.0 Å². The average Bonchev–Trinajstić information content (AvgIpc) is 3.35. The lowest BCUT2D eigenvalue weighted by molar-refractivity contribution is 0.146. The normalized spacial score (nSPS) is 13.1. The van der Waals surface area contributed by atoms with Crippen LogP contribution < -0.4 is 21.3 Å². The van der Waals surface area contributed by atoms with E-state index >= 15 is 0 Å². The zero-order chi connectivity index (χ0) is 29.2. The molecule has 1 heterocycles. The van der Waals surface area contributed by atoms with Crippen molar-refractivity contribution < 1.29 is 17.2 Å². The van der Waals surface area contributed by atoms with Gasteiger partial charge in [-0.3, -0.25) is 5.01 Å². The number of hydrogen-bond acceptors (Lipinski definition) is 6. The number of allylic oxidation sites excluding steroid dienone is 1. The Labute approximate surface area is 236 Å². The Morgan fingerprint density at radius 1 is 1.10 bits per heavy atom. The molecule has 0 bridgehead atoms. The van der Waals surface area contributed by atoms with Crippen molar-refractivity contribution in [2.75, 3.05) is 12.1 Å². The number of rotatable bonds is 9. The van der Waals surface area contributed by atoms with E-state index in [0.717, 1.165) is 5.56 Å². The van der Waals surface area contributed by atoms with Gasteiger partial charge >= 0.3 is 0 Å². The van der Waals surface area contributed by atoms with Crippen molar-refractivity contribution in [2.24, 2.45) is 11.6 Å². The Morgan fingerprint density at radius 2 is 1.77 bits per heavy atom. The molecule has 0 aliphatic carbocycles. The third-order valence-electron chi connectivity index (χ3n) is 6.63. The zero-order valence-electron chi connectivity index (χ0n) is 22.0. The highest BCUT2D eigenvalue weighted by Gasteiger charge is 2.23. The van der Waals surface area contributed by atoms with Gasteiger partial charge in [-0.25, -0.2) is 32.7 Å². The summed E-state index contributed by atoms with van der Waals surface area (Å²) in [5.74, 6) is 6.78. The van der Waals surface area contributed by atoms with Crippen LogP contribution in [0, 0.1) is 6.92 Å². The Morgan fingerprint density at radius 3 is 2.38 bits per heavy atom. The number of aryl methyl sites for hydroxylation is 1. The highest BCUT2D eigenvalue weighted by Crippen LogP contribution is 2.36. The van der Waals surface area contributed by atoms with E-state index in [4.69, 9.17) is 23.2 Å². The number of halogens is 3. The van der Waals surface area contributed by atoms with Crippen molar-refractivity contribution >= 4 is 27.3 Å². The molecule has 1 atom stereocenters. The maximum Gasteiger partial charge on any atom is 0.281 e. The molecule has 0 spiro atoms. The van der Waals surface area contributed by atoms with Crippen LogP contribution in [0.4, 0.5) is 14.5 Å². The first-order chi connectivity index (χ1) is 19.0. The van der Waals surface area contributed by atoms with Gasteiger partial charge in [0.05, 0.1) is 22.0 Å². The molecule has 0 aliphatic heterocycles. The predicted octanol–water partition coefficient (Wildman–Crippen LogP) is 5.63. The summed E-state index contributed by atoms with van der Waals surface area (Å²) in [6.45, 7) is 3.54. The standard InChI is InChI=1S/C28H29ClF2N6O2S/c1-17(19-7-10-22(29)11-8-19)27(15-32)37(33)26-14-21(20-5-4-6-23(13-20)40(38,39)34-3)9-12-25(26)36-16-24(28(30)31)35-18(36)2/h4-17,28,34H,32-33H2,1-3H3/b27-15-. The summed E-state index contributed by atoms with van der Waals surface area (Å²) in [5.41, 5.74) is 9.29. The molecule has 5 N–H and O–H groups in total. The lowest BCUT2D eigenvalue weighted by Crippen LogP contribution is -2.34. The van der Waals surface area contributed by atoms with Gasteiger partial charge in [0.15, 0.2) is 0 Å². The molecule has 0 radical (unpaired) electrons. The van der Waals surface area contributed by atoms with Crippen molar-refractivity contribution in [2.45, 2.75) is 31.1 Å². The van der Waals surface area contributed by atoms with Crippen molar-refractivity contribution in [1.82, 2.24) is 14.3 Å². The predicted molar refractivity (Wildman–Crippen MR) is 154 cm³/mol. The van der Waals surface area contributed by atoms with Gasteiger partial charge in [-0.1, -0.05) is 48.9 Å². The second-order valence-corrected chi connectivity index (χ2v) is 11.4. The quantitative estimate of drug-likeness (QED) is 0.173.